The molecular weight excluding hydrogens is 1460 g/mol. The summed E-state index contributed by atoms with van der Waals surface area (Å²) >= 11 is 3.08. The molecule has 2 aliphatic rings. The number of amides is 8. The molecule has 0 radical (unpaired) electrons. The zero-order valence-corrected chi connectivity index (χ0v) is 71.9. The van der Waals surface area contributed by atoms with E-state index in [1.807, 2.05) is 6.07 Å². The quantitative estimate of drug-likeness (QED) is 0.0223. The number of aromatic nitrogens is 2. The number of unbranched alkanes of at least 4 members (excludes halogenated alkanes) is 4. The lowest BCUT2D eigenvalue weighted by Crippen LogP contribution is -2.57. The molecule has 0 spiro atoms. The molecule has 4 unspecified atom stereocenters. The number of anilines is 2. The number of nitrogens with zero attached hydrogens (tertiary/aromatic N) is 10. The number of thiazole rings is 2. The number of nitriles is 2. The molecular formula is C91H120N10O10S2. The molecule has 0 saturated carbocycles. The molecule has 0 fully saturated rings. The second-order valence-electron chi connectivity index (χ2n) is 29.6. The van der Waals surface area contributed by atoms with Gasteiger partial charge in [-0.1, -0.05) is 227 Å². The fourth-order valence-corrected chi connectivity index (χ4v) is 16.5. The highest BCUT2D eigenvalue weighted by molar-refractivity contribution is 7.17. The normalized spacial score (nSPS) is 14.2. The van der Waals surface area contributed by atoms with E-state index in [1.54, 1.807) is 66.8 Å². The number of benzene rings is 4. The van der Waals surface area contributed by atoms with Crippen molar-refractivity contribution in [3.05, 3.63) is 167 Å². The van der Waals surface area contributed by atoms with Crippen LogP contribution in [0.3, 0.4) is 0 Å². The van der Waals surface area contributed by atoms with Crippen molar-refractivity contribution >= 4 is 92.6 Å². The summed E-state index contributed by atoms with van der Waals surface area (Å²) in [5, 5.41) is 30.2. The van der Waals surface area contributed by atoms with Crippen molar-refractivity contribution in [3.8, 4) is 34.7 Å². The molecule has 1 N–H and O–H groups in total. The number of hydrogen-bond donors (Lipinski definition) is 1. The Bertz CT molecular complexity index is 4400. The molecule has 606 valence electrons. The van der Waals surface area contributed by atoms with Crippen LogP contribution in [-0.4, -0.2) is 122 Å². The minimum atomic E-state index is -1.03. The predicted molar refractivity (Wildman–Crippen MR) is 454 cm³/mol. The molecule has 4 atom stereocenters. The molecule has 4 heterocycles. The van der Waals surface area contributed by atoms with Crippen LogP contribution in [0.5, 0.6) is 0 Å². The fraction of sp³-hybridized carbons (Fsp3) is 0.484. The van der Waals surface area contributed by atoms with Crippen LogP contribution in [-0.2, 0) is 28.8 Å². The second-order valence-corrected chi connectivity index (χ2v) is 31.6. The summed E-state index contributed by atoms with van der Waals surface area (Å²) in [5.74, 6) is -4.57. The second kappa shape index (κ2) is 46.3. The van der Waals surface area contributed by atoms with Gasteiger partial charge in [-0.25, -0.2) is 9.97 Å². The molecule has 0 aliphatic carbocycles. The number of aliphatic hydroxyl groups excluding tert-OH is 1. The molecule has 4 aromatic carbocycles. The lowest BCUT2D eigenvalue weighted by Gasteiger charge is -2.34. The van der Waals surface area contributed by atoms with E-state index in [-0.39, 0.29) is 39.8 Å². The SMILES string of the molecule is CC(=O)N(C(=O)c1ccccc1)N1C(=O)CC(C)=C(C#N)C1=O.CCCCC(CC)CN(CC(CC)CCCC)c1nc(-c2c(C)cc(C)cc2C)c(/C=C2\C(=O)N(N(C(C)=O)C(=O)c3ccccc3)C(=O)C(C#N)=C2C)s1.CCCCC(CC)CN(CC(CC)CCCC)c1nc(-c2c(C)cc(C)cc2C)c(C=O)s1.CO. The molecule has 113 heavy (non-hydrogen) atoms. The Morgan fingerprint density at radius 3 is 1.17 bits per heavy atom. The first-order valence-electron chi connectivity index (χ1n) is 40.1. The molecule has 2 aliphatic heterocycles. The Hall–Kier alpha value is -9.87. The van der Waals surface area contributed by atoms with Crippen molar-refractivity contribution < 1.29 is 48.3 Å². The third kappa shape index (κ3) is 24.6. The van der Waals surface area contributed by atoms with Gasteiger partial charge in [-0.3, -0.25) is 43.2 Å². The summed E-state index contributed by atoms with van der Waals surface area (Å²) in [6.07, 6.45) is 21.4. The Morgan fingerprint density at radius 2 is 0.841 bits per heavy atom. The van der Waals surface area contributed by atoms with Crippen molar-refractivity contribution in [2.24, 2.45) is 23.7 Å². The van der Waals surface area contributed by atoms with Gasteiger partial charge in [-0.05, 0) is 168 Å². The smallest absolute Gasteiger partial charge is 0.291 e. The van der Waals surface area contributed by atoms with Crippen LogP contribution >= 0.6 is 22.7 Å². The molecule has 0 bridgehead atoms. The minimum Gasteiger partial charge on any atom is -0.400 e. The Kier molecular flexibility index (Phi) is 38.4. The van der Waals surface area contributed by atoms with Gasteiger partial charge in [0.05, 0.1) is 27.6 Å². The standard InChI is InChI=1S/C45H57N5O4S.C29H46N2OS.C16H13N3O4.CH4O/c1-10-14-19-34(12-3)27-48(28-35(13-4)20-15-11-2)45-47-41(40-30(6)23-29(5)24-31(40)7)39(55-45)25-37-32(8)38(26-46)44(54)50(43(37)53)49(33(9)51)42(52)36-21-17-16-18-22-36;1-8-12-14-24(10-3)18-31(19-25(11-4)15-13-9-2)29-30-28(26(20-32)33-29)27-22(6)16-21(5)17-23(27)7;1-10-8-14(21)19(16(23)13(10)9-17)18(11(2)20)15(22)12-6-4-3-5-7-12;1-2/h16-18,21-25,34-35H,10-15,19-20,27-28H2,1-9H3;16-17,20,24-25H,8-15,18-19H2,1-7H3;3-7H,8H2,1-2H3;2H,1H3/b37-25-;;;. The Morgan fingerprint density at radius 1 is 0.504 bits per heavy atom. The van der Waals surface area contributed by atoms with Crippen molar-refractivity contribution in [1.82, 2.24) is 30.0 Å². The summed E-state index contributed by atoms with van der Waals surface area (Å²) < 4.78 is 0. The van der Waals surface area contributed by atoms with Gasteiger partial charge in [0.25, 0.3) is 35.4 Å². The number of carbonyl (C=O) groups excluding carboxylic acids is 9. The maximum atomic E-state index is 14.6. The number of aliphatic hydroxyl groups is 1. The van der Waals surface area contributed by atoms with Gasteiger partial charge in [0.1, 0.15) is 23.3 Å². The van der Waals surface area contributed by atoms with Crippen molar-refractivity contribution in [2.75, 3.05) is 43.1 Å². The number of rotatable bonds is 34. The van der Waals surface area contributed by atoms with E-state index in [1.165, 1.54) is 111 Å². The van der Waals surface area contributed by atoms with Crippen LogP contribution in [0, 0.1) is 87.9 Å². The Labute approximate surface area is 679 Å². The van der Waals surface area contributed by atoms with Gasteiger partial charge in [-0.2, -0.15) is 30.6 Å². The number of hydrazine groups is 2. The predicted octanol–water partition coefficient (Wildman–Crippen LogP) is 19.8. The summed E-state index contributed by atoms with van der Waals surface area (Å²) in [5.41, 5.74) is 10.7. The minimum absolute atomic E-state index is 0.0393. The molecule has 22 heteroatoms. The molecule has 2 aromatic heterocycles. The van der Waals surface area contributed by atoms with E-state index < -0.39 is 47.3 Å². The number of imide groups is 4. The largest absolute Gasteiger partial charge is 0.400 e. The average Bonchev–Trinajstić information content (AvgIpc) is 1.64. The van der Waals surface area contributed by atoms with E-state index in [9.17, 15) is 48.4 Å². The lowest BCUT2D eigenvalue weighted by atomic mass is 9.93. The maximum absolute atomic E-state index is 14.6. The van der Waals surface area contributed by atoms with Gasteiger partial charge in [0.15, 0.2) is 16.5 Å². The van der Waals surface area contributed by atoms with Crippen LogP contribution in [0.4, 0.5) is 10.3 Å². The Balaban J connectivity index is 0.000000332. The van der Waals surface area contributed by atoms with Gasteiger partial charge in [0.2, 0.25) is 11.8 Å². The number of aryl methyl sites for hydroxylation is 6. The monoisotopic (exact) mass is 1580 g/mol. The summed E-state index contributed by atoms with van der Waals surface area (Å²) in [6.45, 7) is 39.8. The van der Waals surface area contributed by atoms with Crippen molar-refractivity contribution in [3.63, 3.8) is 0 Å². The van der Waals surface area contributed by atoms with Crippen molar-refractivity contribution in [1.29, 1.82) is 10.5 Å². The lowest BCUT2D eigenvalue weighted by molar-refractivity contribution is -0.165. The van der Waals surface area contributed by atoms with E-state index in [4.69, 9.17) is 20.3 Å². The summed E-state index contributed by atoms with van der Waals surface area (Å²) in [4.78, 5) is 133. The number of carbonyl (C=O) groups is 9. The van der Waals surface area contributed by atoms with Crippen LogP contribution in [0.25, 0.3) is 28.6 Å². The van der Waals surface area contributed by atoms with Gasteiger partial charge < -0.3 is 14.9 Å². The van der Waals surface area contributed by atoms with Crippen LogP contribution in [0.15, 0.2) is 113 Å². The fourth-order valence-electron chi connectivity index (χ4n) is 14.6. The zero-order valence-electron chi connectivity index (χ0n) is 70.3. The average molecular weight is 1580 g/mol. The van der Waals surface area contributed by atoms with Crippen LogP contribution < -0.4 is 9.80 Å². The number of aldehydes is 1. The summed E-state index contributed by atoms with van der Waals surface area (Å²) in [6, 6.07) is 28.1. The first-order chi connectivity index (χ1) is 54.1. The topological polar surface area (TPSA) is 267 Å². The first kappa shape index (κ1) is 93.7. The van der Waals surface area contributed by atoms with E-state index in [0.29, 0.717) is 59.9 Å². The first-order valence-corrected chi connectivity index (χ1v) is 41.8. The van der Waals surface area contributed by atoms with Crippen LogP contribution in [0.2, 0.25) is 0 Å². The van der Waals surface area contributed by atoms with E-state index in [0.717, 1.165) is 153 Å². The highest BCUT2D eigenvalue weighted by atomic mass is 32.1. The molecule has 8 rings (SSSR count). The molecule has 8 amide bonds. The van der Waals surface area contributed by atoms with Crippen molar-refractivity contribution in [2.45, 2.75) is 234 Å². The zero-order chi connectivity index (χ0) is 83.9. The van der Waals surface area contributed by atoms with Gasteiger partial charge in [-0.15, -0.1) is 0 Å². The molecule has 20 nitrogen and oxygen atoms in total. The van der Waals surface area contributed by atoms with Crippen LogP contribution in [0.1, 0.15) is 261 Å². The highest BCUT2D eigenvalue weighted by Gasteiger charge is 2.44. The third-order valence-electron chi connectivity index (χ3n) is 20.9. The third-order valence-corrected chi connectivity index (χ3v) is 23.0. The number of hydrogen-bond acceptors (Lipinski definition) is 18. The van der Waals surface area contributed by atoms with E-state index >= 15 is 0 Å². The van der Waals surface area contributed by atoms with E-state index in [2.05, 4.69) is 131 Å². The van der Waals surface area contributed by atoms with Gasteiger partial charge in [0, 0.05) is 75.0 Å². The molecule has 6 aromatic rings. The van der Waals surface area contributed by atoms with Gasteiger partial charge >= 0.3 is 0 Å². The summed E-state index contributed by atoms with van der Waals surface area (Å²) in [7, 11) is 1.00. The highest BCUT2D eigenvalue weighted by Crippen LogP contribution is 2.42. The molecule has 0 saturated heterocycles. The maximum Gasteiger partial charge on any atom is 0.291 e.